The van der Waals surface area contributed by atoms with Crippen molar-refractivity contribution in [2.45, 2.75) is 6.61 Å². The molecule has 7 heteroatoms. The molecule has 0 atom stereocenters. The van der Waals surface area contributed by atoms with E-state index >= 15 is 0 Å². The lowest BCUT2D eigenvalue weighted by atomic mass is 10.2. The van der Waals surface area contributed by atoms with Crippen LogP contribution in [0.15, 0.2) is 48.7 Å². The molecule has 0 radical (unpaired) electrons. The minimum Gasteiger partial charge on any atom is -0.496 e. The summed E-state index contributed by atoms with van der Waals surface area (Å²) in [7, 11) is 1.50. The summed E-state index contributed by atoms with van der Waals surface area (Å²) in [5.41, 5.74) is 1.19. The molecule has 122 valence electrons. The first-order chi connectivity index (χ1) is 11.6. The number of nitrogens with zero attached hydrogens (tertiary/aromatic N) is 2. The van der Waals surface area contributed by atoms with E-state index in [1.165, 1.54) is 19.2 Å². The minimum atomic E-state index is -0.456. The maximum atomic E-state index is 10.9. The normalized spacial score (nSPS) is 10.6. The Kier molecular flexibility index (Phi) is 4.48. The molecule has 0 bridgehead atoms. The number of non-ortho nitro benzene ring substituents is 1. The summed E-state index contributed by atoms with van der Waals surface area (Å²) in [5, 5.41) is 12.3. The number of benzene rings is 2. The molecule has 0 aliphatic heterocycles. The second-order valence-corrected chi connectivity index (χ2v) is 5.39. The van der Waals surface area contributed by atoms with Gasteiger partial charge in [-0.15, -0.1) is 0 Å². The molecular weight excluding hydrogens is 332 g/mol. The number of nitro groups is 1. The molecule has 0 N–H and O–H groups in total. The number of halogens is 1. The zero-order valence-electron chi connectivity index (χ0n) is 12.7. The second kappa shape index (κ2) is 6.72. The number of ether oxygens (including phenoxy) is 2. The van der Waals surface area contributed by atoms with Gasteiger partial charge in [0.15, 0.2) is 0 Å². The molecule has 0 amide bonds. The Labute approximate surface area is 142 Å². The summed E-state index contributed by atoms with van der Waals surface area (Å²) >= 11 is 6.16. The van der Waals surface area contributed by atoms with Gasteiger partial charge >= 0.3 is 0 Å². The van der Waals surface area contributed by atoms with Crippen LogP contribution in [0.1, 0.15) is 5.56 Å². The molecule has 0 unspecified atom stereocenters. The lowest BCUT2D eigenvalue weighted by molar-refractivity contribution is -0.385. The van der Waals surface area contributed by atoms with Crippen LogP contribution in [0, 0.1) is 10.1 Å². The van der Waals surface area contributed by atoms with Crippen molar-refractivity contribution < 1.29 is 14.4 Å². The number of nitro benzene ring substituents is 1. The lowest BCUT2D eigenvalue weighted by Gasteiger charge is -2.12. The molecule has 0 aliphatic rings. The number of hydrogen-bond acceptors (Lipinski definition) is 5. The Hall–Kier alpha value is -2.86. The van der Waals surface area contributed by atoms with Crippen LogP contribution in [-0.4, -0.2) is 17.0 Å². The molecule has 0 saturated heterocycles. The third-order valence-corrected chi connectivity index (χ3v) is 3.87. The molecule has 0 fully saturated rings. The fraction of sp³-hybridized carbons (Fsp3) is 0.118. The molecule has 3 aromatic rings. The van der Waals surface area contributed by atoms with Gasteiger partial charge in [-0.2, -0.15) is 0 Å². The second-order valence-electron chi connectivity index (χ2n) is 4.99. The molecule has 1 heterocycles. The zero-order chi connectivity index (χ0) is 17.1. The van der Waals surface area contributed by atoms with E-state index in [4.69, 9.17) is 21.1 Å². The molecule has 6 nitrogen and oxygen atoms in total. The predicted octanol–water partition coefficient (Wildman–Crippen LogP) is 4.38. The van der Waals surface area contributed by atoms with Crippen molar-refractivity contribution in [2.75, 3.05) is 7.11 Å². The Balaban J connectivity index is 1.93. The van der Waals surface area contributed by atoms with E-state index in [9.17, 15) is 10.1 Å². The van der Waals surface area contributed by atoms with E-state index in [2.05, 4.69) is 4.98 Å². The van der Waals surface area contributed by atoms with Crippen LogP contribution in [-0.2, 0) is 6.61 Å². The number of aromatic nitrogens is 1. The quantitative estimate of drug-likeness (QED) is 0.507. The highest BCUT2D eigenvalue weighted by atomic mass is 35.5. The van der Waals surface area contributed by atoms with Crippen LogP contribution < -0.4 is 9.47 Å². The van der Waals surface area contributed by atoms with E-state index in [1.54, 1.807) is 30.5 Å². The van der Waals surface area contributed by atoms with Crippen molar-refractivity contribution in [3.05, 3.63) is 69.4 Å². The van der Waals surface area contributed by atoms with Crippen molar-refractivity contribution in [1.29, 1.82) is 0 Å². The number of rotatable bonds is 5. The Morgan fingerprint density at radius 1 is 1.21 bits per heavy atom. The van der Waals surface area contributed by atoms with Gasteiger partial charge < -0.3 is 9.47 Å². The minimum absolute atomic E-state index is 0.0199. The lowest BCUT2D eigenvalue weighted by Crippen LogP contribution is -2.01. The van der Waals surface area contributed by atoms with Gasteiger partial charge in [0.05, 0.1) is 17.1 Å². The predicted molar refractivity (Wildman–Crippen MR) is 90.7 cm³/mol. The van der Waals surface area contributed by atoms with Crippen LogP contribution in [0.5, 0.6) is 11.5 Å². The number of pyridine rings is 1. The third-order valence-electron chi connectivity index (χ3n) is 3.54. The summed E-state index contributed by atoms with van der Waals surface area (Å²) in [6, 6.07) is 11.5. The molecule has 24 heavy (non-hydrogen) atoms. The average Bonchev–Trinajstić information content (AvgIpc) is 2.61. The van der Waals surface area contributed by atoms with Crippen LogP contribution >= 0.6 is 11.6 Å². The van der Waals surface area contributed by atoms with Gasteiger partial charge in [-0.1, -0.05) is 11.6 Å². The summed E-state index contributed by atoms with van der Waals surface area (Å²) in [4.78, 5) is 14.8. The number of hydrogen-bond donors (Lipinski definition) is 0. The fourth-order valence-electron chi connectivity index (χ4n) is 2.38. The maximum absolute atomic E-state index is 10.9. The maximum Gasteiger partial charge on any atom is 0.270 e. The van der Waals surface area contributed by atoms with Gasteiger partial charge in [0.1, 0.15) is 23.6 Å². The average molecular weight is 345 g/mol. The van der Waals surface area contributed by atoms with Crippen LogP contribution in [0.2, 0.25) is 5.02 Å². The first-order valence-electron chi connectivity index (χ1n) is 7.07. The van der Waals surface area contributed by atoms with Gasteiger partial charge in [0.25, 0.3) is 5.69 Å². The van der Waals surface area contributed by atoms with Gasteiger partial charge in [-0.05, 0) is 30.3 Å². The largest absolute Gasteiger partial charge is 0.496 e. The first kappa shape index (κ1) is 16.0. The highest BCUT2D eigenvalue weighted by Crippen LogP contribution is 2.31. The summed E-state index contributed by atoms with van der Waals surface area (Å²) < 4.78 is 11.0. The topological polar surface area (TPSA) is 74.5 Å². The molecule has 0 aliphatic carbocycles. The monoisotopic (exact) mass is 344 g/mol. The summed E-state index contributed by atoms with van der Waals surface area (Å²) in [5.74, 6) is 1.07. The molecule has 0 saturated carbocycles. The smallest absolute Gasteiger partial charge is 0.270 e. The SMILES string of the molecule is COc1ccc([N+](=O)[O-])cc1COc1ccc(Cl)c2cccnc12. The molecule has 3 rings (SSSR count). The van der Waals surface area contributed by atoms with Crippen molar-refractivity contribution in [3.63, 3.8) is 0 Å². The standard InChI is InChI=1S/C17H13ClN2O4/c1-23-15-6-4-12(20(21)22)9-11(15)10-24-16-7-5-14(18)13-3-2-8-19-17(13)16/h2-9H,10H2,1H3. The number of methoxy groups -OCH3 is 1. The van der Waals surface area contributed by atoms with E-state index in [-0.39, 0.29) is 12.3 Å². The van der Waals surface area contributed by atoms with Crippen LogP contribution in [0.3, 0.4) is 0 Å². The van der Waals surface area contributed by atoms with E-state index in [0.717, 1.165) is 5.39 Å². The number of fused-ring (bicyclic) bond motifs is 1. The molecule has 0 spiro atoms. The van der Waals surface area contributed by atoms with Gasteiger partial charge in [-0.25, -0.2) is 0 Å². The van der Waals surface area contributed by atoms with E-state index in [0.29, 0.717) is 27.6 Å². The van der Waals surface area contributed by atoms with Gasteiger partial charge in [-0.3, -0.25) is 15.1 Å². The molecule has 1 aromatic heterocycles. The van der Waals surface area contributed by atoms with Gasteiger partial charge in [0.2, 0.25) is 0 Å². The Bertz CT molecular complexity index is 914. The fourth-order valence-corrected chi connectivity index (χ4v) is 2.59. The van der Waals surface area contributed by atoms with Gasteiger partial charge in [0, 0.05) is 29.3 Å². The Morgan fingerprint density at radius 3 is 2.75 bits per heavy atom. The van der Waals surface area contributed by atoms with Crippen LogP contribution in [0.25, 0.3) is 10.9 Å². The summed E-state index contributed by atoms with van der Waals surface area (Å²) in [6.45, 7) is 0.109. The first-order valence-corrected chi connectivity index (χ1v) is 7.45. The zero-order valence-corrected chi connectivity index (χ0v) is 13.5. The Morgan fingerprint density at radius 2 is 2.00 bits per heavy atom. The van der Waals surface area contributed by atoms with Crippen LogP contribution in [0.4, 0.5) is 5.69 Å². The summed E-state index contributed by atoms with van der Waals surface area (Å²) in [6.07, 6.45) is 1.65. The van der Waals surface area contributed by atoms with E-state index < -0.39 is 4.92 Å². The highest BCUT2D eigenvalue weighted by Gasteiger charge is 2.13. The van der Waals surface area contributed by atoms with Crippen molar-refractivity contribution in [3.8, 4) is 11.5 Å². The third kappa shape index (κ3) is 3.09. The van der Waals surface area contributed by atoms with Crippen molar-refractivity contribution >= 4 is 28.2 Å². The van der Waals surface area contributed by atoms with Crippen molar-refractivity contribution in [1.82, 2.24) is 4.98 Å². The highest BCUT2D eigenvalue weighted by molar-refractivity contribution is 6.35. The van der Waals surface area contributed by atoms with Crippen molar-refractivity contribution in [2.24, 2.45) is 0 Å². The molecule has 2 aromatic carbocycles. The van der Waals surface area contributed by atoms with E-state index in [1.807, 2.05) is 6.07 Å². The molecular formula is C17H13ClN2O4.